The van der Waals surface area contributed by atoms with E-state index in [1.54, 1.807) is 7.05 Å². The molecule has 102 valence electrons. The van der Waals surface area contributed by atoms with Crippen LogP contribution in [0.1, 0.15) is 38.5 Å². The van der Waals surface area contributed by atoms with Crippen molar-refractivity contribution in [2.24, 2.45) is 5.41 Å². The summed E-state index contributed by atoms with van der Waals surface area (Å²) in [5.74, 6) is 0. The molecular formula is C12H21BrF3N. The highest BCUT2D eigenvalue weighted by atomic mass is 79.9. The van der Waals surface area contributed by atoms with E-state index >= 15 is 0 Å². The molecule has 17 heavy (non-hydrogen) atoms. The quantitative estimate of drug-likeness (QED) is 0.687. The molecule has 0 aromatic heterocycles. The van der Waals surface area contributed by atoms with E-state index in [0.29, 0.717) is 0 Å². The molecule has 0 aromatic carbocycles. The minimum absolute atomic E-state index is 0.109. The standard InChI is InChI=1S/C12H21BrF3N/c1-17(8-7-12(14,15)16)10-11(9-13)5-3-2-4-6-11/h2-10H2,1H3. The first-order chi connectivity index (χ1) is 7.87. The molecule has 0 bridgehead atoms. The van der Waals surface area contributed by atoms with Crippen LogP contribution in [0.15, 0.2) is 0 Å². The Kier molecular flexibility index (Phi) is 5.77. The Hall–Kier alpha value is 0.230. The van der Waals surface area contributed by atoms with Crippen LogP contribution in [0.5, 0.6) is 0 Å². The number of hydrogen-bond donors (Lipinski definition) is 0. The van der Waals surface area contributed by atoms with Crippen molar-refractivity contribution in [1.82, 2.24) is 4.90 Å². The monoisotopic (exact) mass is 315 g/mol. The third-order valence-electron chi connectivity index (χ3n) is 3.58. The summed E-state index contributed by atoms with van der Waals surface area (Å²) >= 11 is 3.54. The average molecular weight is 316 g/mol. The number of rotatable bonds is 5. The van der Waals surface area contributed by atoms with E-state index in [1.807, 2.05) is 4.90 Å². The second-order valence-electron chi connectivity index (χ2n) is 5.30. The molecule has 0 N–H and O–H groups in total. The van der Waals surface area contributed by atoms with Gasteiger partial charge in [0.25, 0.3) is 0 Å². The van der Waals surface area contributed by atoms with Crippen LogP contribution in [-0.2, 0) is 0 Å². The normalized spacial score (nSPS) is 20.8. The molecule has 0 spiro atoms. The lowest BCUT2D eigenvalue weighted by Gasteiger charge is -2.39. The first kappa shape index (κ1) is 15.3. The van der Waals surface area contributed by atoms with Crippen LogP contribution in [0, 0.1) is 5.41 Å². The molecule has 0 unspecified atom stereocenters. The van der Waals surface area contributed by atoms with E-state index in [-0.39, 0.29) is 12.0 Å². The smallest absolute Gasteiger partial charge is 0.305 e. The molecule has 1 rings (SSSR count). The Labute approximate surface area is 110 Å². The van der Waals surface area contributed by atoms with Crippen LogP contribution >= 0.6 is 15.9 Å². The average Bonchev–Trinajstić information content (AvgIpc) is 2.27. The van der Waals surface area contributed by atoms with Gasteiger partial charge in [0, 0.05) is 18.4 Å². The fraction of sp³-hybridized carbons (Fsp3) is 1.00. The highest BCUT2D eigenvalue weighted by Crippen LogP contribution is 2.38. The van der Waals surface area contributed by atoms with E-state index in [0.717, 1.165) is 24.7 Å². The lowest BCUT2D eigenvalue weighted by atomic mass is 9.75. The molecule has 0 heterocycles. The maximum atomic E-state index is 12.1. The zero-order chi connectivity index (χ0) is 12.9. The molecule has 0 aromatic rings. The van der Waals surface area contributed by atoms with E-state index in [9.17, 15) is 13.2 Å². The van der Waals surface area contributed by atoms with Crippen molar-refractivity contribution in [3.63, 3.8) is 0 Å². The van der Waals surface area contributed by atoms with E-state index in [4.69, 9.17) is 0 Å². The van der Waals surface area contributed by atoms with Gasteiger partial charge in [-0.05, 0) is 25.3 Å². The van der Waals surface area contributed by atoms with Crippen molar-refractivity contribution in [1.29, 1.82) is 0 Å². The van der Waals surface area contributed by atoms with Gasteiger partial charge in [0.2, 0.25) is 0 Å². The molecule has 1 saturated carbocycles. The molecule has 1 nitrogen and oxygen atoms in total. The minimum atomic E-state index is -4.04. The summed E-state index contributed by atoms with van der Waals surface area (Å²) < 4.78 is 36.4. The molecule has 0 atom stereocenters. The van der Waals surface area contributed by atoms with E-state index in [1.165, 1.54) is 19.3 Å². The second kappa shape index (κ2) is 6.41. The summed E-state index contributed by atoms with van der Waals surface area (Å²) in [6.45, 7) is 0.882. The van der Waals surface area contributed by atoms with Crippen molar-refractivity contribution in [3.05, 3.63) is 0 Å². The van der Waals surface area contributed by atoms with Gasteiger partial charge < -0.3 is 4.90 Å². The van der Waals surface area contributed by atoms with Crippen LogP contribution in [-0.4, -0.2) is 36.5 Å². The minimum Gasteiger partial charge on any atom is -0.305 e. The van der Waals surface area contributed by atoms with Crippen molar-refractivity contribution < 1.29 is 13.2 Å². The van der Waals surface area contributed by atoms with Gasteiger partial charge in [-0.15, -0.1) is 0 Å². The summed E-state index contributed by atoms with van der Waals surface area (Å²) in [4.78, 5) is 1.83. The lowest BCUT2D eigenvalue weighted by Crippen LogP contribution is -2.39. The maximum Gasteiger partial charge on any atom is 0.390 e. The highest BCUT2D eigenvalue weighted by molar-refractivity contribution is 9.09. The molecule has 1 aliphatic rings. The first-order valence-electron chi connectivity index (χ1n) is 6.18. The molecule has 0 radical (unpaired) electrons. The summed E-state index contributed by atoms with van der Waals surface area (Å²) in [6, 6.07) is 0. The maximum absolute atomic E-state index is 12.1. The van der Waals surface area contributed by atoms with Crippen LogP contribution in [0.4, 0.5) is 13.2 Å². The Bertz CT molecular complexity index is 224. The zero-order valence-electron chi connectivity index (χ0n) is 10.3. The third-order valence-corrected chi connectivity index (χ3v) is 4.77. The number of nitrogens with zero attached hydrogens (tertiary/aromatic N) is 1. The lowest BCUT2D eigenvalue weighted by molar-refractivity contribution is -0.138. The molecule has 0 aliphatic heterocycles. The predicted octanol–water partition coefficient (Wildman–Crippen LogP) is 4.22. The van der Waals surface area contributed by atoms with Crippen LogP contribution in [0.25, 0.3) is 0 Å². The molecule has 0 saturated heterocycles. The molecular weight excluding hydrogens is 295 g/mol. The van der Waals surface area contributed by atoms with Crippen molar-refractivity contribution in [2.75, 3.05) is 25.5 Å². The number of hydrogen-bond acceptors (Lipinski definition) is 1. The molecule has 0 amide bonds. The molecule has 1 aliphatic carbocycles. The number of halogens is 4. The predicted molar refractivity (Wildman–Crippen MR) is 67.5 cm³/mol. The highest BCUT2D eigenvalue weighted by Gasteiger charge is 2.33. The fourth-order valence-electron chi connectivity index (χ4n) is 2.61. The van der Waals surface area contributed by atoms with Crippen molar-refractivity contribution in [2.45, 2.75) is 44.7 Å². The van der Waals surface area contributed by atoms with Crippen molar-refractivity contribution in [3.8, 4) is 0 Å². The van der Waals surface area contributed by atoms with Gasteiger partial charge in [0.1, 0.15) is 0 Å². The van der Waals surface area contributed by atoms with Gasteiger partial charge in [-0.25, -0.2) is 0 Å². The Morgan fingerprint density at radius 1 is 1.18 bits per heavy atom. The van der Waals surface area contributed by atoms with Crippen LogP contribution in [0.3, 0.4) is 0 Å². The van der Waals surface area contributed by atoms with Crippen LogP contribution < -0.4 is 0 Å². The van der Waals surface area contributed by atoms with Gasteiger partial charge in [0.05, 0.1) is 6.42 Å². The van der Waals surface area contributed by atoms with E-state index < -0.39 is 12.6 Å². The fourth-order valence-corrected chi connectivity index (χ4v) is 3.34. The molecule has 5 heteroatoms. The molecule has 1 fully saturated rings. The summed E-state index contributed by atoms with van der Waals surface area (Å²) in [6.07, 6.45) is 1.20. The SMILES string of the molecule is CN(CCC(F)(F)F)CC1(CBr)CCCCC1. The van der Waals surface area contributed by atoms with Gasteiger partial charge in [-0.1, -0.05) is 35.2 Å². The van der Waals surface area contributed by atoms with E-state index in [2.05, 4.69) is 15.9 Å². The first-order valence-corrected chi connectivity index (χ1v) is 7.30. The van der Waals surface area contributed by atoms with Gasteiger partial charge in [-0.3, -0.25) is 0 Å². The van der Waals surface area contributed by atoms with Gasteiger partial charge in [-0.2, -0.15) is 13.2 Å². The summed E-state index contributed by atoms with van der Waals surface area (Å²) in [5.41, 5.74) is 0.193. The second-order valence-corrected chi connectivity index (χ2v) is 5.86. The van der Waals surface area contributed by atoms with Gasteiger partial charge in [0.15, 0.2) is 0 Å². The zero-order valence-corrected chi connectivity index (χ0v) is 11.9. The van der Waals surface area contributed by atoms with Crippen molar-refractivity contribution >= 4 is 15.9 Å². The topological polar surface area (TPSA) is 3.24 Å². The third kappa shape index (κ3) is 5.60. The van der Waals surface area contributed by atoms with Crippen LogP contribution in [0.2, 0.25) is 0 Å². The summed E-state index contributed by atoms with van der Waals surface area (Å²) in [7, 11) is 1.80. The Balaban J connectivity index is 2.39. The summed E-state index contributed by atoms with van der Waals surface area (Å²) in [5, 5.41) is 0.899. The Morgan fingerprint density at radius 3 is 2.24 bits per heavy atom. The van der Waals surface area contributed by atoms with Gasteiger partial charge >= 0.3 is 6.18 Å². The number of alkyl halides is 4. The largest absolute Gasteiger partial charge is 0.390 e. The Morgan fingerprint density at radius 2 is 1.76 bits per heavy atom.